The lowest BCUT2D eigenvalue weighted by molar-refractivity contribution is 0.192. The zero-order valence-corrected chi connectivity index (χ0v) is 10.7. The Balaban J connectivity index is 2.52. The number of hydrogen-bond acceptors (Lipinski definition) is 2. The van der Waals surface area contributed by atoms with Crippen molar-refractivity contribution in [2.45, 2.75) is 19.8 Å². The first-order valence-electron chi connectivity index (χ1n) is 5.19. The minimum absolute atomic E-state index is 0.324. The van der Waals surface area contributed by atoms with E-state index < -0.39 is 6.09 Å². The van der Waals surface area contributed by atoms with Crippen molar-refractivity contribution in [3.8, 4) is 0 Å². The van der Waals surface area contributed by atoms with Crippen LogP contribution < -0.4 is 5.32 Å². The largest absolute Gasteiger partial charge is 0.465 e. The minimum atomic E-state index is -0.964. The molecule has 0 saturated heterocycles. The van der Waals surface area contributed by atoms with Crippen LogP contribution in [0.1, 0.15) is 18.9 Å². The van der Waals surface area contributed by atoms with Crippen molar-refractivity contribution in [1.29, 1.82) is 0 Å². The second-order valence-corrected chi connectivity index (χ2v) is 4.46. The van der Waals surface area contributed by atoms with Gasteiger partial charge in [0.2, 0.25) is 0 Å². The number of halogens is 1. The molecule has 4 nitrogen and oxygen atoms in total. The van der Waals surface area contributed by atoms with Gasteiger partial charge in [-0.2, -0.15) is 0 Å². The molecule has 1 unspecified atom stereocenters. The summed E-state index contributed by atoms with van der Waals surface area (Å²) in [6, 6.07) is 3.91. The summed E-state index contributed by atoms with van der Waals surface area (Å²) < 4.78 is 0.811. The van der Waals surface area contributed by atoms with Gasteiger partial charge in [0.25, 0.3) is 0 Å². The summed E-state index contributed by atoms with van der Waals surface area (Å²) in [6.45, 7) is 2.55. The average Bonchev–Trinajstić information content (AvgIpc) is 2.24. The molecule has 1 amide bonds. The van der Waals surface area contributed by atoms with Crippen LogP contribution in [0, 0.1) is 5.92 Å². The Labute approximate surface area is 103 Å². The fourth-order valence-corrected chi connectivity index (χ4v) is 1.91. The van der Waals surface area contributed by atoms with Crippen molar-refractivity contribution in [1.82, 2.24) is 10.3 Å². The first-order chi connectivity index (χ1) is 7.61. The van der Waals surface area contributed by atoms with Crippen LogP contribution in [0.25, 0.3) is 0 Å². The van der Waals surface area contributed by atoms with E-state index in [1.807, 2.05) is 12.1 Å². The van der Waals surface area contributed by atoms with Crippen LogP contribution in [0.15, 0.2) is 22.9 Å². The van der Waals surface area contributed by atoms with E-state index in [1.165, 1.54) is 5.56 Å². The molecule has 0 spiro atoms. The Morgan fingerprint density at radius 1 is 1.69 bits per heavy atom. The normalized spacial score (nSPS) is 12.1. The smallest absolute Gasteiger partial charge is 0.404 e. The van der Waals surface area contributed by atoms with Crippen LogP contribution in [0.5, 0.6) is 0 Å². The molecule has 1 aromatic rings. The molecule has 88 valence electrons. The molecule has 16 heavy (non-hydrogen) atoms. The van der Waals surface area contributed by atoms with Crippen molar-refractivity contribution in [3.63, 3.8) is 0 Å². The lowest BCUT2D eigenvalue weighted by Gasteiger charge is -2.14. The van der Waals surface area contributed by atoms with Gasteiger partial charge in [0, 0.05) is 12.7 Å². The van der Waals surface area contributed by atoms with E-state index in [9.17, 15) is 4.79 Å². The molecule has 0 aliphatic rings. The summed E-state index contributed by atoms with van der Waals surface area (Å²) in [7, 11) is 0. The van der Waals surface area contributed by atoms with Gasteiger partial charge in [-0.05, 0) is 46.0 Å². The average molecular weight is 287 g/mol. The second kappa shape index (κ2) is 6.48. The highest BCUT2D eigenvalue weighted by molar-refractivity contribution is 9.10. The molecule has 0 aromatic carbocycles. The molecule has 0 fully saturated rings. The fourth-order valence-electron chi connectivity index (χ4n) is 1.50. The molecule has 0 saturated carbocycles. The highest BCUT2D eigenvalue weighted by atomic mass is 79.9. The lowest BCUT2D eigenvalue weighted by Crippen LogP contribution is -2.28. The molecule has 1 atom stereocenters. The molecule has 0 bridgehead atoms. The Morgan fingerprint density at radius 2 is 2.44 bits per heavy atom. The Morgan fingerprint density at radius 3 is 3.00 bits per heavy atom. The maximum absolute atomic E-state index is 10.4. The van der Waals surface area contributed by atoms with Gasteiger partial charge in [0.05, 0.1) is 0 Å². The van der Waals surface area contributed by atoms with E-state index in [1.54, 1.807) is 6.20 Å². The summed E-state index contributed by atoms with van der Waals surface area (Å²) in [6.07, 6.45) is 2.59. The van der Waals surface area contributed by atoms with Gasteiger partial charge in [-0.1, -0.05) is 13.3 Å². The maximum atomic E-state index is 10.4. The standard InChI is InChI=1S/C11H15BrN2O2/c1-2-8(7-14-11(15)16)5-9-3-4-13-10(12)6-9/h3-4,6,8,14H,2,5,7H2,1H3,(H,15,16). The lowest BCUT2D eigenvalue weighted by atomic mass is 9.98. The van der Waals surface area contributed by atoms with Crippen molar-refractivity contribution < 1.29 is 9.90 Å². The van der Waals surface area contributed by atoms with Crippen molar-refractivity contribution >= 4 is 22.0 Å². The van der Waals surface area contributed by atoms with Gasteiger partial charge in [-0.15, -0.1) is 0 Å². The molecule has 1 heterocycles. The van der Waals surface area contributed by atoms with E-state index in [0.717, 1.165) is 17.4 Å². The number of carbonyl (C=O) groups is 1. The second-order valence-electron chi connectivity index (χ2n) is 3.65. The topological polar surface area (TPSA) is 62.2 Å². The van der Waals surface area contributed by atoms with Crippen LogP contribution in [-0.2, 0) is 6.42 Å². The summed E-state index contributed by atoms with van der Waals surface area (Å²) in [4.78, 5) is 14.5. The molecule has 5 heteroatoms. The molecule has 2 N–H and O–H groups in total. The maximum Gasteiger partial charge on any atom is 0.404 e. The fraction of sp³-hybridized carbons (Fsp3) is 0.455. The molecular formula is C11H15BrN2O2. The van der Waals surface area contributed by atoms with E-state index in [2.05, 4.69) is 33.2 Å². The van der Waals surface area contributed by atoms with Gasteiger partial charge < -0.3 is 10.4 Å². The summed E-state index contributed by atoms with van der Waals surface area (Å²) >= 11 is 3.32. The van der Waals surface area contributed by atoms with E-state index >= 15 is 0 Å². The quantitative estimate of drug-likeness (QED) is 0.818. The Bertz CT molecular complexity index is 358. The number of pyridine rings is 1. The first kappa shape index (κ1) is 13.0. The highest BCUT2D eigenvalue weighted by Gasteiger charge is 2.09. The third kappa shape index (κ3) is 4.61. The number of hydrogen-bond donors (Lipinski definition) is 2. The van der Waals surface area contributed by atoms with Crippen molar-refractivity contribution in [3.05, 3.63) is 28.5 Å². The highest BCUT2D eigenvalue weighted by Crippen LogP contribution is 2.14. The zero-order chi connectivity index (χ0) is 12.0. The number of nitrogens with zero attached hydrogens (tertiary/aromatic N) is 1. The van der Waals surface area contributed by atoms with Gasteiger partial charge in [0.15, 0.2) is 0 Å². The molecule has 1 aromatic heterocycles. The van der Waals surface area contributed by atoms with Crippen LogP contribution in [0.3, 0.4) is 0 Å². The predicted octanol–water partition coefficient (Wildman–Crippen LogP) is 2.68. The van der Waals surface area contributed by atoms with Crippen molar-refractivity contribution in [2.24, 2.45) is 5.92 Å². The van der Waals surface area contributed by atoms with Gasteiger partial charge in [-0.25, -0.2) is 9.78 Å². The number of amides is 1. The van der Waals surface area contributed by atoms with E-state index in [-0.39, 0.29) is 0 Å². The Hall–Kier alpha value is -1.10. The molecule has 1 rings (SSSR count). The molecule has 0 aliphatic carbocycles. The minimum Gasteiger partial charge on any atom is -0.465 e. The van der Waals surface area contributed by atoms with Crippen molar-refractivity contribution in [2.75, 3.05) is 6.54 Å². The number of rotatable bonds is 5. The SMILES string of the molecule is CCC(CNC(=O)O)Cc1ccnc(Br)c1. The molecule has 0 radical (unpaired) electrons. The van der Waals surface area contributed by atoms with E-state index in [4.69, 9.17) is 5.11 Å². The van der Waals surface area contributed by atoms with Gasteiger partial charge >= 0.3 is 6.09 Å². The van der Waals surface area contributed by atoms with Gasteiger partial charge in [-0.3, -0.25) is 0 Å². The monoisotopic (exact) mass is 286 g/mol. The summed E-state index contributed by atoms with van der Waals surface area (Å²) in [5.74, 6) is 0.324. The number of nitrogens with one attached hydrogen (secondary N) is 1. The van der Waals surface area contributed by atoms with Crippen LogP contribution in [-0.4, -0.2) is 22.7 Å². The van der Waals surface area contributed by atoms with E-state index in [0.29, 0.717) is 12.5 Å². The number of carboxylic acid groups (broad SMARTS) is 1. The third-order valence-corrected chi connectivity index (χ3v) is 2.87. The zero-order valence-electron chi connectivity index (χ0n) is 9.11. The Kier molecular flexibility index (Phi) is 5.25. The molecule has 0 aliphatic heterocycles. The van der Waals surface area contributed by atoms with Crippen LogP contribution in [0.4, 0.5) is 4.79 Å². The summed E-state index contributed by atoms with van der Waals surface area (Å²) in [5.41, 5.74) is 1.17. The van der Waals surface area contributed by atoms with Crippen LogP contribution >= 0.6 is 15.9 Å². The third-order valence-electron chi connectivity index (χ3n) is 2.43. The first-order valence-corrected chi connectivity index (χ1v) is 5.98. The van der Waals surface area contributed by atoms with Gasteiger partial charge in [0.1, 0.15) is 4.60 Å². The summed E-state index contributed by atoms with van der Waals surface area (Å²) in [5, 5.41) is 11.0. The number of aromatic nitrogens is 1. The predicted molar refractivity (Wildman–Crippen MR) is 65.4 cm³/mol. The molecular weight excluding hydrogens is 272 g/mol. The van der Waals surface area contributed by atoms with Crippen LogP contribution in [0.2, 0.25) is 0 Å².